The van der Waals surface area contributed by atoms with Gasteiger partial charge in [-0.25, -0.2) is 5.06 Å². The second kappa shape index (κ2) is 10.7. The molecule has 0 saturated carbocycles. The van der Waals surface area contributed by atoms with Crippen molar-refractivity contribution in [2.75, 3.05) is 13.1 Å². The summed E-state index contributed by atoms with van der Waals surface area (Å²) in [6.45, 7) is 2.99. The fourth-order valence-corrected chi connectivity index (χ4v) is 3.38. The molecule has 7 heteroatoms. The van der Waals surface area contributed by atoms with Crippen LogP contribution < -0.4 is 5.73 Å². The first-order valence-corrected chi connectivity index (χ1v) is 9.55. The lowest BCUT2D eigenvalue weighted by molar-refractivity contribution is -0.183. The zero-order valence-corrected chi connectivity index (χ0v) is 15.9. The number of benzene rings is 1. The molecule has 148 valence electrons. The predicted molar refractivity (Wildman–Crippen MR) is 101 cm³/mol. The van der Waals surface area contributed by atoms with Gasteiger partial charge in [0, 0.05) is 6.54 Å². The topological polar surface area (TPSA) is 92.9 Å². The van der Waals surface area contributed by atoms with Crippen LogP contribution in [0.1, 0.15) is 44.6 Å². The van der Waals surface area contributed by atoms with Crippen LogP contribution in [0.3, 0.4) is 0 Å². The lowest BCUT2D eigenvalue weighted by Crippen LogP contribution is -2.48. The van der Waals surface area contributed by atoms with Gasteiger partial charge in [0.1, 0.15) is 12.6 Å². The maximum Gasteiger partial charge on any atom is 0.240 e. The molecule has 0 radical (unpaired) electrons. The molecule has 3 amide bonds. The average Bonchev–Trinajstić information content (AvgIpc) is 3.18. The molecule has 2 N–H and O–H groups in total. The Hall–Kier alpha value is -2.41. The molecule has 1 saturated heterocycles. The number of hydroxylamine groups is 2. The number of amides is 3. The van der Waals surface area contributed by atoms with Crippen molar-refractivity contribution in [2.24, 2.45) is 11.7 Å². The quantitative estimate of drug-likeness (QED) is 0.472. The molecule has 1 heterocycles. The SMILES string of the molecule is CCCCC(CN(C=O)OCc1ccccc1)C(=O)N1CCCC1C(N)=O. The fourth-order valence-electron chi connectivity index (χ4n) is 3.38. The van der Waals surface area contributed by atoms with Crippen molar-refractivity contribution >= 4 is 18.2 Å². The number of primary amides is 1. The van der Waals surface area contributed by atoms with Gasteiger partial charge in [-0.2, -0.15) is 0 Å². The van der Waals surface area contributed by atoms with Crippen molar-refractivity contribution in [2.45, 2.75) is 51.7 Å². The summed E-state index contributed by atoms with van der Waals surface area (Å²) >= 11 is 0. The zero-order chi connectivity index (χ0) is 19.6. The molecule has 1 aromatic carbocycles. The highest BCUT2D eigenvalue weighted by Crippen LogP contribution is 2.23. The Morgan fingerprint density at radius 3 is 2.74 bits per heavy atom. The average molecular weight is 375 g/mol. The molecule has 0 bridgehead atoms. The van der Waals surface area contributed by atoms with Gasteiger partial charge in [-0.1, -0.05) is 50.1 Å². The molecular formula is C20H29N3O4. The van der Waals surface area contributed by atoms with Crippen LogP contribution in [0.15, 0.2) is 30.3 Å². The largest absolute Gasteiger partial charge is 0.368 e. The van der Waals surface area contributed by atoms with Crippen molar-refractivity contribution in [3.05, 3.63) is 35.9 Å². The second-order valence-electron chi connectivity index (χ2n) is 6.90. The summed E-state index contributed by atoms with van der Waals surface area (Å²) in [5.74, 6) is -1.01. The van der Waals surface area contributed by atoms with Crippen molar-refractivity contribution in [3.63, 3.8) is 0 Å². The molecule has 0 aliphatic carbocycles. The third-order valence-electron chi connectivity index (χ3n) is 4.88. The van der Waals surface area contributed by atoms with E-state index in [0.717, 1.165) is 24.8 Å². The van der Waals surface area contributed by atoms with Gasteiger partial charge in [-0.05, 0) is 24.8 Å². The monoisotopic (exact) mass is 375 g/mol. The maximum atomic E-state index is 13.0. The van der Waals surface area contributed by atoms with E-state index in [2.05, 4.69) is 0 Å². The number of unbranched alkanes of at least 4 members (excludes halogenated alkanes) is 1. The van der Waals surface area contributed by atoms with E-state index in [1.807, 2.05) is 37.3 Å². The van der Waals surface area contributed by atoms with Gasteiger partial charge in [0.2, 0.25) is 18.2 Å². The Bertz CT molecular complexity index is 623. The number of carbonyl (C=O) groups excluding carboxylic acids is 3. The van der Waals surface area contributed by atoms with Crippen LogP contribution in [-0.2, 0) is 25.8 Å². The predicted octanol–water partition coefficient (Wildman–Crippen LogP) is 1.86. The third-order valence-corrected chi connectivity index (χ3v) is 4.88. The lowest BCUT2D eigenvalue weighted by Gasteiger charge is -2.29. The summed E-state index contributed by atoms with van der Waals surface area (Å²) in [7, 11) is 0. The highest BCUT2D eigenvalue weighted by molar-refractivity contribution is 5.88. The number of hydrogen-bond donors (Lipinski definition) is 1. The maximum absolute atomic E-state index is 13.0. The molecule has 0 aromatic heterocycles. The Kier molecular flexibility index (Phi) is 8.26. The van der Waals surface area contributed by atoms with Gasteiger partial charge in [-0.3, -0.25) is 19.2 Å². The molecule has 27 heavy (non-hydrogen) atoms. The van der Waals surface area contributed by atoms with Crippen LogP contribution >= 0.6 is 0 Å². The summed E-state index contributed by atoms with van der Waals surface area (Å²) in [4.78, 5) is 43.2. The minimum Gasteiger partial charge on any atom is -0.368 e. The van der Waals surface area contributed by atoms with E-state index in [0.29, 0.717) is 25.8 Å². The van der Waals surface area contributed by atoms with Crippen molar-refractivity contribution in [1.29, 1.82) is 0 Å². The van der Waals surface area contributed by atoms with E-state index >= 15 is 0 Å². The number of nitrogens with two attached hydrogens (primary N) is 1. The van der Waals surface area contributed by atoms with Gasteiger partial charge >= 0.3 is 0 Å². The molecule has 1 fully saturated rings. The summed E-state index contributed by atoms with van der Waals surface area (Å²) in [5, 5.41) is 1.18. The lowest BCUT2D eigenvalue weighted by atomic mass is 9.99. The number of carbonyl (C=O) groups is 3. The van der Waals surface area contributed by atoms with E-state index in [1.54, 1.807) is 4.90 Å². The Balaban J connectivity index is 2.01. The first-order valence-electron chi connectivity index (χ1n) is 9.55. The first kappa shape index (κ1) is 20.9. The minimum atomic E-state index is -0.545. The van der Waals surface area contributed by atoms with Crippen LogP contribution in [-0.4, -0.2) is 47.3 Å². The summed E-state index contributed by atoms with van der Waals surface area (Å²) < 4.78 is 0. The van der Waals surface area contributed by atoms with E-state index < -0.39 is 17.9 Å². The van der Waals surface area contributed by atoms with Gasteiger partial charge in [0.05, 0.1) is 12.5 Å². The minimum absolute atomic E-state index is 0.125. The standard InChI is InChI=1S/C20H29N3O4/c1-2-3-10-17(20(26)23-12-7-11-18(23)19(21)25)13-22(15-24)27-14-16-8-5-4-6-9-16/h4-6,8-9,15,17-18H,2-3,7,10-14H2,1H3,(H2,21,25). The molecule has 0 spiro atoms. The summed E-state index contributed by atoms with van der Waals surface area (Å²) in [6, 6.07) is 8.97. The Morgan fingerprint density at radius 2 is 2.11 bits per heavy atom. The van der Waals surface area contributed by atoms with Crippen LogP contribution in [0, 0.1) is 5.92 Å². The number of likely N-dealkylation sites (tertiary alicyclic amines) is 1. The van der Waals surface area contributed by atoms with E-state index in [9.17, 15) is 14.4 Å². The molecule has 2 unspecified atom stereocenters. The number of hydrogen-bond acceptors (Lipinski definition) is 4. The van der Waals surface area contributed by atoms with Crippen LogP contribution in [0.5, 0.6) is 0 Å². The molecule has 1 aliphatic heterocycles. The van der Waals surface area contributed by atoms with Crippen molar-refractivity contribution in [3.8, 4) is 0 Å². The Labute approximate surface area is 160 Å². The van der Waals surface area contributed by atoms with E-state index in [4.69, 9.17) is 10.6 Å². The smallest absolute Gasteiger partial charge is 0.240 e. The van der Waals surface area contributed by atoms with Gasteiger partial charge < -0.3 is 10.6 Å². The van der Waals surface area contributed by atoms with E-state index in [1.165, 1.54) is 5.06 Å². The van der Waals surface area contributed by atoms with Crippen molar-refractivity contribution in [1.82, 2.24) is 9.96 Å². The molecule has 7 nitrogen and oxygen atoms in total. The third kappa shape index (κ3) is 6.06. The molecule has 2 atom stereocenters. The summed E-state index contributed by atoms with van der Waals surface area (Å²) in [6.07, 6.45) is 4.40. The molecule has 1 aromatic rings. The molecule has 2 rings (SSSR count). The first-order chi connectivity index (χ1) is 13.1. The normalized spacial score (nSPS) is 17.5. The van der Waals surface area contributed by atoms with Crippen molar-refractivity contribution < 1.29 is 19.2 Å². The van der Waals surface area contributed by atoms with Gasteiger partial charge in [0.25, 0.3) is 0 Å². The highest BCUT2D eigenvalue weighted by Gasteiger charge is 2.36. The van der Waals surface area contributed by atoms with Crippen LogP contribution in [0.25, 0.3) is 0 Å². The van der Waals surface area contributed by atoms with Crippen LogP contribution in [0.2, 0.25) is 0 Å². The molecular weight excluding hydrogens is 346 g/mol. The van der Waals surface area contributed by atoms with Crippen LogP contribution in [0.4, 0.5) is 0 Å². The van der Waals surface area contributed by atoms with Gasteiger partial charge in [-0.15, -0.1) is 0 Å². The number of nitrogens with zero attached hydrogens (tertiary/aromatic N) is 2. The van der Waals surface area contributed by atoms with E-state index in [-0.39, 0.29) is 19.1 Å². The molecule has 1 aliphatic rings. The fraction of sp³-hybridized carbons (Fsp3) is 0.550. The second-order valence-corrected chi connectivity index (χ2v) is 6.90. The Morgan fingerprint density at radius 1 is 1.37 bits per heavy atom. The zero-order valence-electron chi connectivity index (χ0n) is 15.9. The highest BCUT2D eigenvalue weighted by atomic mass is 16.7. The number of rotatable bonds is 11. The summed E-state index contributed by atoms with van der Waals surface area (Å²) in [5.41, 5.74) is 6.38. The van der Waals surface area contributed by atoms with Gasteiger partial charge in [0.15, 0.2) is 0 Å².